The van der Waals surface area contributed by atoms with Gasteiger partial charge >= 0.3 is 0 Å². The Hall–Kier alpha value is -1.63. The van der Waals surface area contributed by atoms with Crippen molar-refractivity contribution in [2.24, 2.45) is 5.73 Å². The van der Waals surface area contributed by atoms with Crippen LogP contribution in [0.25, 0.3) is 10.8 Å². The second-order valence-corrected chi connectivity index (χ2v) is 8.64. The Kier molecular flexibility index (Phi) is 6.43. The van der Waals surface area contributed by atoms with E-state index in [9.17, 15) is 8.42 Å². The Labute approximate surface area is 151 Å². The van der Waals surface area contributed by atoms with E-state index in [-0.39, 0.29) is 6.04 Å². The Balaban J connectivity index is 2.44. The summed E-state index contributed by atoms with van der Waals surface area (Å²) in [5, 5.41) is 1.70. The van der Waals surface area contributed by atoms with E-state index >= 15 is 0 Å². The van der Waals surface area contributed by atoms with Crippen LogP contribution in [-0.2, 0) is 10.0 Å². The summed E-state index contributed by atoms with van der Waals surface area (Å²) >= 11 is 0. The average Bonchev–Trinajstić information content (AvgIpc) is 2.59. The van der Waals surface area contributed by atoms with Crippen LogP contribution in [0.3, 0.4) is 0 Å². The zero-order valence-electron chi connectivity index (χ0n) is 15.6. The Morgan fingerprint density at radius 3 is 2.28 bits per heavy atom. The van der Waals surface area contributed by atoms with Crippen LogP contribution in [0.4, 0.5) is 5.69 Å². The van der Waals surface area contributed by atoms with Crippen molar-refractivity contribution in [3.8, 4) is 0 Å². The molecular weight excluding hydrogens is 334 g/mol. The predicted molar refractivity (Wildman–Crippen MR) is 106 cm³/mol. The van der Waals surface area contributed by atoms with Crippen LogP contribution >= 0.6 is 0 Å². The highest BCUT2D eigenvalue weighted by Crippen LogP contribution is 2.32. The molecule has 2 N–H and O–H groups in total. The third-order valence-electron chi connectivity index (χ3n) is 4.69. The molecule has 0 heterocycles. The molecule has 138 valence electrons. The highest BCUT2D eigenvalue weighted by molar-refractivity contribution is 7.89. The van der Waals surface area contributed by atoms with Crippen molar-refractivity contribution in [1.29, 1.82) is 0 Å². The van der Waals surface area contributed by atoms with Gasteiger partial charge in [-0.25, -0.2) is 8.42 Å². The number of anilines is 1. The molecule has 2 aromatic rings. The molecule has 2 rings (SSSR count). The highest BCUT2D eigenvalue weighted by Gasteiger charge is 2.27. The van der Waals surface area contributed by atoms with E-state index in [1.165, 1.54) is 4.31 Å². The minimum absolute atomic E-state index is 0.0659. The van der Waals surface area contributed by atoms with E-state index in [1.54, 1.807) is 13.1 Å². The number of fused-ring (bicyclic) bond motifs is 1. The molecule has 25 heavy (non-hydrogen) atoms. The second-order valence-electron chi connectivity index (χ2n) is 6.68. The van der Waals surface area contributed by atoms with Crippen LogP contribution in [-0.4, -0.2) is 46.5 Å². The number of hydrogen-bond acceptors (Lipinski definition) is 4. The van der Waals surface area contributed by atoms with Crippen LogP contribution in [0.5, 0.6) is 0 Å². The summed E-state index contributed by atoms with van der Waals surface area (Å²) in [6.45, 7) is 2.59. The summed E-state index contributed by atoms with van der Waals surface area (Å²) in [7, 11) is 2.02. The number of sulfonamides is 1. The Bertz CT molecular complexity index is 819. The van der Waals surface area contributed by atoms with Crippen LogP contribution in [0, 0.1) is 0 Å². The zero-order chi connectivity index (χ0) is 18.6. The molecule has 1 atom stereocenters. The Morgan fingerprint density at radius 1 is 1.00 bits per heavy atom. The average molecular weight is 364 g/mol. The monoisotopic (exact) mass is 363 g/mol. The molecule has 0 fully saturated rings. The fourth-order valence-corrected chi connectivity index (χ4v) is 4.63. The molecule has 0 saturated carbocycles. The van der Waals surface area contributed by atoms with Gasteiger partial charge in [-0.1, -0.05) is 30.7 Å². The quantitative estimate of drug-likeness (QED) is 0.732. The first-order chi connectivity index (χ1) is 11.8. The first kappa shape index (κ1) is 19.7. The second kappa shape index (κ2) is 8.17. The standard InChI is InChI=1S/C19H29N3O2S/c1-15(9-5-6-14-20)22(4)25(23,24)19-13-8-10-16-17(19)11-7-12-18(16)21(2)3/h7-8,10-13,15H,5-6,9,14,20H2,1-4H3. The number of nitrogens with two attached hydrogens (primary N) is 1. The number of unbranched alkanes of at least 4 members (excludes halogenated alkanes) is 1. The van der Waals surface area contributed by atoms with Crippen molar-refractivity contribution < 1.29 is 8.42 Å². The van der Waals surface area contributed by atoms with Crippen molar-refractivity contribution in [2.45, 2.75) is 37.1 Å². The summed E-state index contributed by atoms with van der Waals surface area (Å²) in [5.74, 6) is 0. The van der Waals surface area contributed by atoms with Crippen LogP contribution in [0.2, 0.25) is 0 Å². The number of benzene rings is 2. The van der Waals surface area contributed by atoms with Gasteiger partial charge in [-0.3, -0.25) is 0 Å². The van der Waals surface area contributed by atoms with Gasteiger partial charge in [-0.05, 0) is 38.4 Å². The maximum Gasteiger partial charge on any atom is 0.243 e. The third-order valence-corrected chi connectivity index (χ3v) is 6.72. The first-order valence-electron chi connectivity index (χ1n) is 8.68. The lowest BCUT2D eigenvalue weighted by atomic mass is 10.1. The van der Waals surface area contributed by atoms with Crippen molar-refractivity contribution in [2.75, 3.05) is 32.6 Å². The van der Waals surface area contributed by atoms with Gasteiger partial charge < -0.3 is 10.6 Å². The molecule has 1 unspecified atom stereocenters. The minimum atomic E-state index is -3.56. The fourth-order valence-electron chi connectivity index (χ4n) is 3.04. The molecule has 0 bridgehead atoms. The molecule has 0 aliphatic heterocycles. The summed E-state index contributed by atoms with van der Waals surface area (Å²) < 4.78 is 27.9. The first-order valence-corrected chi connectivity index (χ1v) is 10.1. The molecule has 5 nitrogen and oxygen atoms in total. The molecule has 2 aromatic carbocycles. The smallest absolute Gasteiger partial charge is 0.243 e. The molecule has 0 aliphatic carbocycles. The van der Waals surface area contributed by atoms with Gasteiger partial charge in [-0.2, -0.15) is 4.31 Å². The van der Waals surface area contributed by atoms with Crippen molar-refractivity contribution in [3.05, 3.63) is 36.4 Å². The lowest BCUT2D eigenvalue weighted by Gasteiger charge is -2.25. The zero-order valence-corrected chi connectivity index (χ0v) is 16.4. The highest BCUT2D eigenvalue weighted by atomic mass is 32.2. The maximum absolute atomic E-state index is 13.2. The van der Waals surface area contributed by atoms with E-state index in [1.807, 2.05) is 56.3 Å². The SMILES string of the molecule is CC(CCCCN)N(C)S(=O)(=O)c1cccc2c(N(C)C)cccc12. The Morgan fingerprint density at radius 2 is 1.64 bits per heavy atom. The summed E-state index contributed by atoms with van der Waals surface area (Å²) in [5.41, 5.74) is 6.54. The van der Waals surface area contributed by atoms with Gasteiger partial charge in [0.25, 0.3) is 0 Å². The van der Waals surface area contributed by atoms with Crippen LogP contribution < -0.4 is 10.6 Å². The van der Waals surface area contributed by atoms with Crippen molar-refractivity contribution >= 4 is 26.5 Å². The predicted octanol–water partition coefficient (Wildman–Crippen LogP) is 3.04. The molecule has 0 aromatic heterocycles. The minimum Gasteiger partial charge on any atom is -0.377 e. The van der Waals surface area contributed by atoms with E-state index in [0.29, 0.717) is 11.4 Å². The molecule has 0 aliphatic rings. The van der Waals surface area contributed by atoms with E-state index in [4.69, 9.17) is 5.73 Å². The molecule has 0 radical (unpaired) electrons. The largest absolute Gasteiger partial charge is 0.377 e. The number of rotatable bonds is 8. The van der Waals surface area contributed by atoms with Crippen molar-refractivity contribution in [1.82, 2.24) is 4.31 Å². The molecule has 0 amide bonds. The summed E-state index contributed by atoms with van der Waals surface area (Å²) in [6, 6.07) is 11.2. The fraction of sp³-hybridized carbons (Fsp3) is 0.474. The molecule has 6 heteroatoms. The molecule has 0 spiro atoms. The van der Waals surface area contributed by atoms with E-state index < -0.39 is 10.0 Å². The van der Waals surface area contributed by atoms with Gasteiger partial charge in [0.15, 0.2) is 0 Å². The van der Waals surface area contributed by atoms with E-state index in [0.717, 1.165) is 35.7 Å². The van der Waals surface area contributed by atoms with Crippen molar-refractivity contribution in [3.63, 3.8) is 0 Å². The van der Waals surface area contributed by atoms with E-state index in [2.05, 4.69) is 0 Å². The van der Waals surface area contributed by atoms with Gasteiger partial charge in [-0.15, -0.1) is 0 Å². The van der Waals surface area contributed by atoms with Gasteiger partial charge in [0.1, 0.15) is 0 Å². The number of nitrogens with zero attached hydrogens (tertiary/aromatic N) is 2. The lowest BCUT2D eigenvalue weighted by Crippen LogP contribution is -2.35. The van der Waals surface area contributed by atoms with Gasteiger partial charge in [0.2, 0.25) is 10.0 Å². The van der Waals surface area contributed by atoms with Gasteiger partial charge in [0.05, 0.1) is 4.90 Å². The maximum atomic E-state index is 13.2. The molecule has 0 saturated heterocycles. The lowest BCUT2D eigenvalue weighted by molar-refractivity contribution is 0.363. The summed E-state index contributed by atoms with van der Waals surface area (Å²) in [6.07, 6.45) is 2.65. The molecular formula is C19H29N3O2S. The number of hydrogen-bond donors (Lipinski definition) is 1. The third kappa shape index (κ3) is 4.14. The van der Waals surface area contributed by atoms with Crippen LogP contribution in [0.15, 0.2) is 41.3 Å². The van der Waals surface area contributed by atoms with Crippen LogP contribution in [0.1, 0.15) is 26.2 Å². The topological polar surface area (TPSA) is 66.6 Å². The summed E-state index contributed by atoms with van der Waals surface area (Å²) in [4.78, 5) is 2.36. The van der Waals surface area contributed by atoms with Gasteiger partial charge in [0, 0.05) is 43.6 Å². The normalized spacial score (nSPS) is 13.4.